The summed E-state index contributed by atoms with van der Waals surface area (Å²) < 4.78 is 0. The smallest absolute Gasteiger partial charge is 0.0663 e. The van der Waals surface area contributed by atoms with Gasteiger partial charge in [0.1, 0.15) is 0 Å². The van der Waals surface area contributed by atoms with Crippen molar-refractivity contribution in [1.29, 1.82) is 0 Å². The van der Waals surface area contributed by atoms with Crippen LogP contribution in [-0.4, -0.2) is 19.1 Å². The number of para-hydroxylation sites is 2. The van der Waals surface area contributed by atoms with E-state index in [-0.39, 0.29) is 6.04 Å². The van der Waals surface area contributed by atoms with Crippen molar-refractivity contribution in [2.75, 3.05) is 22.9 Å². The van der Waals surface area contributed by atoms with Crippen LogP contribution >= 0.6 is 0 Å². The number of benzene rings is 2. The van der Waals surface area contributed by atoms with Gasteiger partial charge in [0, 0.05) is 30.2 Å². The molecule has 0 saturated carbocycles. The van der Waals surface area contributed by atoms with E-state index in [4.69, 9.17) is 0 Å². The quantitative estimate of drug-likeness (QED) is 0.674. The summed E-state index contributed by atoms with van der Waals surface area (Å²) in [6.07, 6.45) is 15.6. The molecule has 0 radical (unpaired) electrons. The van der Waals surface area contributed by atoms with E-state index in [0.717, 1.165) is 13.1 Å². The SMILES string of the molecule is CCN1/C(=C/C=C/C2C=Cc3ccccc3N2CC)C=Cc2ccccc21. The summed E-state index contributed by atoms with van der Waals surface area (Å²) in [6, 6.07) is 17.5. The normalized spacial score (nSPS) is 19.6. The Morgan fingerprint density at radius 2 is 1.52 bits per heavy atom. The molecule has 1 atom stereocenters. The molecule has 0 bridgehead atoms. The maximum Gasteiger partial charge on any atom is 0.0663 e. The molecule has 1 unspecified atom stereocenters. The highest BCUT2D eigenvalue weighted by Crippen LogP contribution is 2.31. The van der Waals surface area contributed by atoms with Crippen molar-refractivity contribution in [3.05, 3.63) is 95.7 Å². The molecule has 2 aromatic carbocycles. The average Bonchev–Trinajstić information content (AvgIpc) is 2.73. The minimum Gasteiger partial charge on any atom is -0.361 e. The predicted molar refractivity (Wildman–Crippen MR) is 118 cm³/mol. The number of hydrogen-bond acceptors (Lipinski definition) is 2. The van der Waals surface area contributed by atoms with Crippen molar-refractivity contribution >= 4 is 23.5 Å². The van der Waals surface area contributed by atoms with Crippen LogP contribution in [0, 0.1) is 0 Å². The van der Waals surface area contributed by atoms with Gasteiger partial charge in [0.05, 0.1) is 6.04 Å². The van der Waals surface area contributed by atoms with E-state index in [1.54, 1.807) is 0 Å². The average molecular weight is 354 g/mol. The molecule has 0 fully saturated rings. The summed E-state index contributed by atoms with van der Waals surface area (Å²) in [5, 5.41) is 0. The Kier molecular flexibility index (Phi) is 4.97. The van der Waals surface area contributed by atoms with Gasteiger partial charge in [-0.2, -0.15) is 0 Å². The third-order valence-corrected chi connectivity index (χ3v) is 5.28. The van der Waals surface area contributed by atoms with Crippen molar-refractivity contribution in [1.82, 2.24) is 0 Å². The molecule has 2 aliphatic rings. The van der Waals surface area contributed by atoms with Gasteiger partial charge in [0.25, 0.3) is 0 Å². The summed E-state index contributed by atoms with van der Waals surface area (Å²) in [4.78, 5) is 4.80. The van der Waals surface area contributed by atoms with E-state index in [1.165, 1.54) is 28.2 Å². The first-order valence-electron chi connectivity index (χ1n) is 9.79. The third-order valence-electron chi connectivity index (χ3n) is 5.28. The van der Waals surface area contributed by atoms with Crippen LogP contribution in [-0.2, 0) is 0 Å². The molecule has 4 rings (SSSR count). The molecule has 0 N–H and O–H groups in total. The van der Waals surface area contributed by atoms with Crippen LogP contribution < -0.4 is 9.80 Å². The second kappa shape index (κ2) is 7.71. The van der Waals surface area contributed by atoms with E-state index in [2.05, 4.69) is 115 Å². The molecule has 2 aromatic rings. The van der Waals surface area contributed by atoms with Crippen LogP contribution in [0.1, 0.15) is 25.0 Å². The first-order valence-corrected chi connectivity index (χ1v) is 9.79. The zero-order chi connectivity index (χ0) is 18.6. The van der Waals surface area contributed by atoms with E-state index >= 15 is 0 Å². The first-order chi connectivity index (χ1) is 13.3. The lowest BCUT2D eigenvalue weighted by atomic mass is 10.0. The van der Waals surface area contributed by atoms with E-state index in [1.807, 2.05) is 0 Å². The van der Waals surface area contributed by atoms with Crippen molar-refractivity contribution in [2.45, 2.75) is 19.9 Å². The molecule has 0 aromatic heterocycles. The highest BCUT2D eigenvalue weighted by molar-refractivity contribution is 5.76. The van der Waals surface area contributed by atoms with Crippen molar-refractivity contribution < 1.29 is 0 Å². The summed E-state index contributed by atoms with van der Waals surface area (Å²) in [5.41, 5.74) is 6.40. The molecule has 0 spiro atoms. The predicted octanol–water partition coefficient (Wildman–Crippen LogP) is 5.90. The number of nitrogens with zero attached hydrogens (tertiary/aromatic N) is 2. The molecule has 2 nitrogen and oxygen atoms in total. The summed E-state index contributed by atoms with van der Waals surface area (Å²) in [6.45, 7) is 6.36. The number of rotatable bonds is 4. The Hall–Kier alpha value is -3.00. The van der Waals surface area contributed by atoms with E-state index < -0.39 is 0 Å². The topological polar surface area (TPSA) is 6.48 Å². The fourth-order valence-electron chi connectivity index (χ4n) is 3.95. The zero-order valence-electron chi connectivity index (χ0n) is 16.0. The van der Waals surface area contributed by atoms with Gasteiger partial charge in [-0.25, -0.2) is 0 Å². The second-order valence-electron chi connectivity index (χ2n) is 6.81. The number of hydrogen-bond donors (Lipinski definition) is 0. The summed E-state index contributed by atoms with van der Waals surface area (Å²) in [7, 11) is 0. The number of allylic oxidation sites excluding steroid dienone is 3. The van der Waals surface area contributed by atoms with Gasteiger partial charge >= 0.3 is 0 Å². The molecule has 27 heavy (non-hydrogen) atoms. The molecule has 0 saturated heterocycles. The van der Waals surface area contributed by atoms with Crippen molar-refractivity contribution in [3.8, 4) is 0 Å². The van der Waals surface area contributed by atoms with Gasteiger partial charge in [-0.05, 0) is 49.3 Å². The fourth-order valence-corrected chi connectivity index (χ4v) is 3.95. The lowest BCUT2D eigenvalue weighted by Crippen LogP contribution is -2.34. The van der Waals surface area contributed by atoms with E-state index in [9.17, 15) is 0 Å². The maximum atomic E-state index is 2.44. The Morgan fingerprint density at radius 1 is 0.815 bits per heavy atom. The van der Waals surface area contributed by atoms with Gasteiger partial charge in [-0.15, -0.1) is 0 Å². The largest absolute Gasteiger partial charge is 0.361 e. The molecule has 2 heterocycles. The van der Waals surface area contributed by atoms with Crippen molar-refractivity contribution in [3.63, 3.8) is 0 Å². The monoisotopic (exact) mass is 354 g/mol. The maximum absolute atomic E-state index is 2.44. The lowest BCUT2D eigenvalue weighted by Gasteiger charge is -2.33. The molecule has 0 aliphatic carbocycles. The third kappa shape index (κ3) is 3.35. The molecule has 2 heteroatoms. The number of likely N-dealkylation sites (N-methyl/N-ethyl adjacent to an activating group) is 2. The van der Waals surface area contributed by atoms with Crippen LogP contribution in [0.3, 0.4) is 0 Å². The van der Waals surface area contributed by atoms with Crippen molar-refractivity contribution in [2.24, 2.45) is 0 Å². The van der Waals surface area contributed by atoms with Gasteiger partial charge in [-0.1, -0.05) is 66.8 Å². The Morgan fingerprint density at radius 3 is 2.26 bits per heavy atom. The summed E-state index contributed by atoms with van der Waals surface area (Å²) >= 11 is 0. The Labute approximate surface area is 162 Å². The standard InChI is InChI=1S/C25H26N2/c1-3-26-22(18-16-20-10-5-7-14-24(20)26)12-9-13-23-19-17-21-11-6-8-15-25(21)27(23)4-2/h5-19,22H,3-4H2,1-2H3/b12-9+,23-13+. The molecule has 0 amide bonds. The fraction of sp³-hybridized carbons (Fsp3) is 0.200. The van der Waals surface area contributed by atoms with Crippen LogP contribution in [0.5, 0.6) is 0 Å². The Bertz CT molecular complexity index is 933. The summed E-state index contributed by atoms with van der Waals surface area (Å²) in [5.74, 6) is 0. The minimum absolute atomic E-state index is 0.289. The highest BCUT2D eigenvalue weighted by Gasteiger charge is 2.18. The van der Waals surface area contributed by atoms with E-state index in [0.29, 0.717) is 0 Å². The van der Waals surface area contributed by atoms with Crippen LogP contribution in [0.15, 0.2) is 84.6 Å². The second-order valence-corrected chi connectivity index (χ2v) is 6.81. The molecular weight excluding hydrogens is 328 g/mol. The van der Waals surface area contributed by atoms with Gasteiger partial charge in [-0.3, -0.25) is 0 Å². The van der Waals surface area contributed by atoms with Crippen LogP contribution in [0.4, 0.5) is 11.4 Å². The number of fused-ring (bicyclic) bond motifs is 2. The zero-order valence-corrected chi connectivity index (χ0v) is 16.0. The Balaban J connectivity index is 1.57. The molecule has 136 valence electrons. The molecular formula is C25H26N2. The number of anilines is 2. The highest BCUT2D eigenvalue weighted by atomic mass is 15.2. The van der Waals surface area contributed by atoms with Gasteiger partial charge < -0.3 is 9.80 Å². The van der Waals surface area contributed by atoms with Gasteiger partial charge in [0.15, 0.2) is 0 Å². The van der Waals surface area contributed by atoms with Crippen LogP contribution in [0.2, 0.25) is 0 Å². The van der Waals surface area contributed by atoms with Crippen LogP contribution in [0.25, 0.3) is 12.2 Å². The van der Waals surface area contributed by atoms with Gasteiger partial charge in [0.2, 0.25) is 0 Å². The molecule has 2 aliphatic heterocycles. The lowest BCUT2D eigenvalue weighted by molar-refractivity contribution is 0.804. The minimum atomic E-state index is 0.289. The first kappa shape index (κ1) is 17.4.